The van der Waals surface area contributed by atoms with Gasteiger partial charge in [0.25, 0.3) is 5.91 Å². The number of carbonyl (C=O) groups is 3. The minimum atomic E-state index is -5.08. The zero-order chi connectivity index (χ0) is 35.4. The number of anilines is 1. The number of nitrogens with zero attached hydrogens (tertiary/aromatic N) is 3. The predicted molar refractivity (Wildman–Crippen MR) is 181 cm³/mol. The highest BCUT2D eigenvalue weighted by Gasteiger charge is 2.38. The van der Waals surface area contributed by atoms with E-state index in [1.807, 2.05) is 60.0 Å². The lowest BCUT2D eigenvalue weighted by molar-refractivity contribution is -0.192. The van der Waals surface area contributed by atoms with Gasteiger partial charge in [-0.25, -0.2) is 9.59 Å². The zero-order valence-electron chi connectivity index (χ0n) is 29.0. The molecule has 1 aliphatic heterocycles. The minimum Gasteiger partial charge on any atom is -0.475 e. The molecule has 2 aromatic carbocycles. The third kappa shape index (κ3) is 12.8. The summed E-state index contributed by atoms with van der Waals surface area (Å²) in [6, 6.07) is 16.8. The molecule has 0 saturated carbocycles. The fraction of sp³-hybridized carbons (Fsp3) is 0.583. The van der Waals surface area contributed by atoms with Gasteiger partial charge in [-0.2, -0.15) is 13.2 Å². The van der Waals surface area contributed by atoms with E-state index in [1.54, 1.807) is 0 Å². The lowest BCUT2D eigenvalue weighted by Crippen LogP contribution is -2.48. The van der Waals surface area contributed by atoms with Gasteiger partial charge in [0.05, 0.1) is 0 Å². The van der Waals surface area contributed by atoms with Crippen LogP contribution in [0.5, 0.6) is 0 Å². The Morgan fingerprint density at radius 3 is 2.04 bits per heavy atom. The summed E-state index contributed by atoms with van der Waals surface area (Å²) in [5.74, 6) is -2.22. The number of alkyl halides is 3. The van der Waals surface area contributed by atoms with Crippen LogP contribution >= 0.6 is 0 Å². The van der Waals surface area contributed by atoms with E-state index in [2.05, 4.69) is 57.0 Å². The molecule has 1 atom stereocenters. The number of hydrogen-bond acceptors (Lipinski definition) is 4. The van der Waals surface area contributed by atoms with Gasteiger partial charge in [0, 0.05) is 50.0 Å². The van der Waals surface area contributed by atoms with Gasteiger partial charge in [-0.15, -0.1) is 0 Å². The van der Waals surface area contributed by atoms with Crippen LogP contribution < -0.4 is 5.32 Å². The molecule has 11 heteroatoms. The van der Waals surface area contributed by atoms with Gasteiger partial charge in [-0.3, -0.25) is 4.79 Å². The Bertz CT molecular complexity index is 1280. The van der Waals surface area contributed by atoms with Crippen molar-refractivity contribution in [1.82, 2.24) is 14.7 Å². The van der Waals surface area contributed by atoms with Crippen molar-refractivity contribution in [3.63, 3.8) is 0 Å². The fourth-order valence-electron chi connectivity index (χ4n) is 5.68. The van der Waals surface area contributed by atoms with Crippen molar-refractivity contribution in [2.75, 3.05) is 44.6 Å². The van der Waals surface area contributed by atoms with Crippen molar-refractivity contribution in [3.8, 4) is 0 Å². The summed E-state index contributed by atoms with van der Waals surface area (Å²) in [7, 11) is 0. The number of hydrogen-bond donors (Lipinski definition) is 2. The first kappa shape index (κ1) is 39.6. The molecule has 8 nitrogen and oxygen atoms in total. The van der Waals surface area contributed by atoms with E-state index in [-0.39, 0.29) is 17.4 Å². The summed E-state index contributed by atoms with van der Waals surface area (Å²) in [4.78, 5) is 41.1. The van der Waals surface area contributed by atoms with E-state index in [9.17, 15) is 22.8 Å². The molecule has 2 N–H and O–H groups in total. The standard InChI is InChI=1S/C34H52N4O2.C2HF3O2/c1-8-20-38(25-27-18-21-37(22-19-27)33(40)36(9-2)10-3)26(4)23-28-12-11-13-31(24-28)35-32(39)29-14-16-30(17-15-29)34(5,6)7;3-2(4,5)1(6)7/h11-17,24,26-27H,8-10,18-23,25H2,1-7H3,(H,35,39);(H,6,7). The van der Waals surface area contributed by atoms with E-state index >= 15 is 0 Å². The molecular weight excluding hydrogens is 609 g/mol. The maximum absolute atomic E-state index is 12.9. The van der Waals surface area contributed by atoms with E-state index < -0.39 is 12.1 Å². The molecule has 1 unspecified atom stereocenters. The lowest BCUT2D eigenvalue weighted by atomic mass is 9.87. The quantitative estimate of drug-likeness (QED) is 0.258. The first-order chi connectivity index (χ1) is 22.0. The number of benzene rings is 2. The number of piperidine rings is 1. The highest BCUT2D eigenvalue weighted by Crippen LogP contribution is 2.24. The van der Waals surface area contributed by atoms with Crippen LogP contribution in [0.15, 0.2) is 48.5 Å². The summed E-state index contributed by atoms with van der Waals surface area (Å²) in [6.45, 7) is 20.6. The molecule has 3 amide bonds. The molecule has 0 aliphatic carbocycles. The van der Waals surface area contributed by atoms with Gasteiger partial charge in [0.15, 0.2) is 0 Å². The van der Waals surface area contributed by atoms with Crippen LogP contribution in [0.4, 0.5) is 23.7 Å². The van der Waals surface area contributed by atoms with Gasteiger partial charge in [0.2, 0.25) is 0 Å². The Morgan fingerprint density at radius 2 is 1.55 bits per heavy atom. The van der Waals surface area contributed by atoms with Crippen LogP contribution in [-0.4, -0.2) is 89.2 Å². The number of urea groups is 1. The summed E-state index contributed by atoms with van der Waals surface area (Å²) in [5, 5.41) is 10.2. The number of carboxylic acids is 1. The lowest BCUT2D eigenvalue weighted by Gasteiger charge is -2.38. The Morgan fingerprint density at radius 1 is 0.979 bits per heavy atom. The number of nitrogens with one attached hydrogen (secondary N) is 1. The third-order valence-electron chi connectivity index (χ3n) is 8.52. The maximum atomic E-state index is 12.9. The molecule has 1 aliphatic rings. The van der Waals surface area contributed by atoms with Crippen LogP contribution in [-0.2, 0) is 16.6 Å². The number of halogens is 3. The summed E-state index contributed by atoms with van der Waals surface area (Å²) >= 11 is 0. The molecule has 2 aromatic rings. The van der Waals surface area contributed by atoms with E-state index in [0.29, 0.717) is 17.5 Å². The van der Waals surface area contributed by atoms with Crippen molar-refractivity contribution in [2.24, 2.45) is 5.92 Å². The number of aliphatic carboxylic acids is 1. The van der Waals surface area contributed by atoms with Crippen molar-refractivity contribution in [3.05, 3.63) is 65.2 Å². The van der Waals surface area contributed by atoms with E-state index in [0.717, 1.165) is 70.6 Å². The van der Waals surface area contributed by atoms with Crippen molar-refractivity contribution < 1.29 is 32.7 Å². The highest BCUT2D eigenvalue weighted by molar-refractivity contribution is 6.04. The van der Waals surface area contributed by atoms with Crippen LogP contribution in [0.3, 0.4) is 0 Å². The van der Waals surface area contributed by atoms with Crippen LogP contribution in [0.25, 0.3) is 0 Å². The average molecular weight is 663 g/mol. The normalized spacial score (nSPS) is 14.7. The number of carboxylic acid groups (broad SMARTS) is 1. The highest BCUT2D eigenvalue weighted by atomic mass is 19.4. The largest absolute Gasteiger partial charge is 0.490 e. The molecular formula is C36H53F3N4O4. The van der Waals surface area contributed by atoms with Crippen molar-refractivity contribution in [1.29, 1.82) is 0 Å². The van der Waals surface area contributed by atoms with Crippen LogP contribution in [0, 0.1) is 5.92 Å². The number of amides is 3. The average Bonchev–Trinajstić information content (AvgIpc) is 3.01. The fourth-order valence-corrected chi connectivity index (χ4v) is 5.68. The Labute approximate surface area is 278 Å². The zero-order valence-corrected chi connectivity index (χ0v) is 29.0. The predicted octanol–water partition coefficient (Wildman–Crippen LogP) is 7.69. The molecule has 1 heterocycles. The van der Waals surface area contributed by atoms with Crippen molar-refractivity contribution >= 4 is 23.6 Å². The number of rotatable bonds is 11. The monoisotopic (exact) mass is 662 g/mol. The molecule has 47 heavy (non-hydrogen) atoms. The van der Waals surface area contributed by atoms with E-state index in [1.165, 1.54) is 11.1 Å². The van der Waals surface area contributed by atoms with Crippen LogP contribution in [0.1, 0.15) is 89.2 Å². The molecule has 1 saturated heterocycles. The van der Waals surface area contributed by atoms with Crippen LogP contribution in [0.2, 0.25) is 0 Å². The number of carbonyl (C=O) groups excluding carboxylic acids is 2. The van der Waals surface area contributed by atoms with Gasteiger partial charge >= 0.3 is 18.2 Å². The first-order valence-corrected chi connectivity index (χ1v) is 16.6. The van der Waals surface area contributed by atoms with Gasteiger partial charge in [-0.1, -0.05) is 52.0 Å². The first-order valence-electron chi connectivity index (χ1n) is 16.6. The summed E-state index contributed by atoms with van der Waals surface area (Å²) in [5.41, 5.74) is 4.02. The number of likely N-dealkylation sites (tertiary alicyclic amines) is 1. The van der Waals surface area contributed by atoms with Crippen molar-refractivity contribution in [2.45, 2.75) is 91.8 Å². The molecule has 0 radical (unpaired) electrons. The summed E-state index contributed by atoms with van der Waals surface area (Å²) in [6.07, 6.45) is -0.895. The molecule has 1 fully saturated rings. The molecule has 3 rings (SSSR count). The Kier molecular flexibility index (Phi) is 15.2. The SMILES string of the molecule is CCCN(CC1CCN(C(=O)N(CC)CC)CC1)C(C)Cc1cccc(NC(=O)c2ccc(C(C)(C)C)cc2)c1.O=C(O)C(F)(F)F. The smallest absolute Gasteiger partial charge is 0.475 e. The molecule has 262 valence electrons. The van der Waals surface area contributed by atoms with E-state index in [4.69, 9.17) is 9.90 Å². The second kappa shape index (κ2) is 18.1. The molecule has 0 spiro atoms. The minimum absolute atomic E-state index is 0.0628. The molecule has 0 bridgehead atoms. The van der Waals surface area contributed by atoms with Gasteiger partial charge in [0.1, 0.15) is 0 Å². The Hall–Kier alpha value is -3.60. The Balaban J connectivity index is 0.000000984. The van der Waals surface area contributed by atoms with Gasteiger partial charge in [-0.05, 0) is 99.7 Å². The second-order valence-corrected chi connectivity index (χ2v) is 13.2. The molecule has 0 aromatic heterocycles. The second-order valence-electron chi connectivity index (χ2n) is 13.2. The van der Waals surface area contributed by atoms with Gasteiger partial charge < -0.3 is 25.1 Å². The summed E-state index contributed by atoms with van der Waals surface area (Å²) < 4.78 is 31.7. The third-order valence-corrected chi connectivity index (χ3v) is 8.52. The topological polar surface area (TPSA) is 93.2 Å². The maximum Gasteiger partial charge on any atom is 0.490 e.